The van der Waals surface area contributed by atoms with E-state index in [0.29, 0.717) is 25.3 Å². The number of benzene rings is 1. The first-order chi connectivity index (χ1) is 14.0. The predicted molar refractivity (Wildman–Crippen MR) is 106 cm³/mol. The number of hydrogen-bond donors (Lipinski definition) is 3. The lowest BCUT2D eigenvalue weighted by molar-refractivity contribution is -0.147. The van der Waals surface area contributed by atoms with Crippen molar-refractivity contribution in [1.82, 2.24) is 15.5 Å². The second-order valence-corrected chi connectivity index (χ2v) is 8.32. The highest BCUT2D eigenvalue weighted by Crippen LogP contribution is 2.30. The second-order valence-electron chi connectivity index (χ2n) is 8.32. The maximum atomic E-state index is 13.7. The summed E-state index contributed by atoms with van der Waals surface area (Å²) in [6, 6.07) is 3.99. The van der Waals surface area contributed by atoms with Crippen molar-refractivity contribution in [1.29, 1.82) is 0 Å². The molecule has 0 bridgehead atoms. The Morgan fingerprint density at radius 3 is 2.69 bits per heavy atom. The van der Waals surface area contributed by atoms with Crippen molar-refractivity contribution in [2.24, 2.45) is 5.92 Å². The molecule has 3 N–H and O–H groups in total. The minimum Gasteiger partial charge on any atom is -0.342 e. The Morgan fingerprint density at radius 1 is 1.17 bits per heavy atom. The van der Waals surface area contributed by atoms with Crippen molar-refractivity contribution in [3.8, 4) is 0 Å². The smallest absolute Gasteiger partial charge is 0.319 e. The molecule has 4 amide bonds. The summed E-state index contributed by atoms with van der Waals surface area (Å²) in [5, 5.41) is 8.13. The Bertz CT molecular complexity index is 796. The predicted octanol–water partition coefficient (Wildman–Crippen LogP) is 2.39. The highest BCUT2D eigenvalue weighted by atomic mass is 19.1. The van der Waals surface area contributed by atoms with Crippen molar-refractivity contribution >= 4 is 23.5 Å². The molecule has 2 heterocycles. The molecule has 4 rings (SSSR count). The van der Waals surface area contributed by atoms with Gasteiger partial charge in [-0.1, -0.05) is 44.2 Å². The van der Waals surface area contributed by atoms with Crippen LogP contribution < -0.4 is 16.0 Å². The average molecular weight is 402 g/mol. The van der Waals surface area contributed by atoms with Crippen LogP contribution in [0.3, 0.4) is 0 Å². The molecule has 8 heteroatoms. The molecule has 3 fully saturated rings. The average Bonchev–Trinajstić information content (AvgIpc) is 3.13. The van der Waals surface area contributed by atoms with Crippen LogP contribution in [0.2, 0.25) is 0 Å². The summed E-state index contributed by atoms with van der Waals surface area (Å²) in [5.41, 5.74) is 0.0853. The van der Waals surface area contributed by atoms with Crippen molar-refractivity contribution in [3.63, 3.8) is 0 Å². The molecule has 1 aromatic carbocycles. The van der Waals surface area contributed by atoms with E-state index in [0.717, 1.165) is 12.8 Å². The monoisotopic (exact) mass is 402 g/mol. The van der Waals surface area contributed by atoms with Gasteiger partial charge in [-0.05, 0) is 30.9 Å². The number of carbonyl (C=O) groups excluding carboxylic acids is 3. The Balaban J connectivity index is 1.34. The summed E-state index contributed by atoms with van der Waals surface area (Å²) >= 11 is 0. The van der Waals surface area contributed by atoms with E-state index in [1.807, 2.05) is 0 Å². The molecular formula is C21H27FN4O3. The molecule has 0 spiro atoms. The van der Waals surface area contributed by atoms with Gasteiger partial charge < -0.3 is 20.9 Å². The zero-order chi connectivity index (χ0) is 20.4. The Labute approximate surface area is 169 Å². The van der Waals surface area contributed by atoms with E-state index in [1.54, 1.807) is 17.0 Å². The number of nitrogens with one attached hydrogen (secondary N) is 3. The summed E-state index contributed by atoms with van der Waals surface area (Å²) in [6.45, 7) is 0.294. The summed E-state index contributed by atoms with van der Waals surface area (Å²) in [7, 11) is 0. The van der Waals surface area contributed by atoms with Gasteiger partial charge >= 0.3 is 6.03 Å². The number of piperazine rings is 1. The number of rotatable bonds is 4. The van der Waals surface area contributed by atoms with Gasteiger partial charge in [-0.3, -0.25) is 9.59 Å². The lowest BCUT2D eigenvalue weighted by Gasteiger charge is -2.36. The van der Waals surface area contributed by atoms with Gasteiger partial charge in [-0.2, -0.15) is 0 Å². The summed E-state index contributed by atoms with van der Waals surface area (Å²) < 4.78 is 13.7. The molecule has 29 heavy (non-hydrogen) atoms. The van der Waals surface area contributed by atoms with E-state index in [9.17, 15) is 18.8 Å². The Kier molecular flexibility index (Phi) is 5.69. The molecular weight excluding hydrogens is 375 g/mol. The van der Waals surface area contributed by atoms with E-state index >= 15 is 0 Å². The largest absolute Gasteiger partial charge is 0.342 e. The Hall–Kier alpha value is -2.64. The van der Waals surface area contributed by atoms with Crippen LogP contribution in [0.1, 0.15) is 44.9 Å². The Morgan fingerprint density at radius 2 is 1.93 bits per heavy atom. The second kappa shape index (κ2) is 8.39. The molecule has 7 nitrogen and oxygen atoms in total. The molecule has 3 aliphatic rings. The number of hydrogen-bond acceptors (Lipinski definition) is 3. The summed E-state index contributed by atoms with van der Waals surface area (Å²) in [4.78, 5) is 39.3. The SMILES string of the molecule is O=C(Nc1ccccc1F)N[C@H]1C[C@H]2C(=O)N[C@@H](CC3CCCCC3)C(=O)N2C1. The summed E-state index contributed by atoms with van der Waals surface area (Å²) in [6.07, 6.45) is 6.91. The lowest BCUT2D eigenvalue weighted by atomic mass is 9.84. The van der Waals surface area contributed by atoms with Gasteiger partial charge in [0.05, 0.1) is 11.7 Å². The number of amides is 4. The number of para-hydroxylation sites is 1. The zero-order valence-electron chi connectivity index (χ0n) is 16.3. The molecule has 0 unspecified atom stereocenters. The zero-order valence-corrected chi connectivity index (χ0v) is 16.3. The molecule has 1 aromatic rings. The number of carbonyl (C=O) groups is 3. The molecule has 156 valence electrons. The molecule has 0 radical (unpaired) electrons. The molecule has 1 aliphatic carbocycles. The van der Waals surface area contributed by atoms with E-state index in [-0.39, 0.29) is 23.5 Å². The number of urea groups is 1. The van der Waals surface area contributed by atoms with Gasteiger partial charge in [0, 0.05) is 6.54 Å². The highest BCUT2D eigenvalue weighted by molar-refractivity contribution is 5.98. The van der Waals surface area contributed by atoms with Crippen LogP contribution >= 0.6 is 0 Å². The van der Waals surface area contributed by atoms with E-state index < -0.39 is 23.9 Å². The molecule has 2 aliphatic heterocycles. The standard InChI is InChI=1S/C21H27FN4O3/c22-15-8-4-5-9-16(15)25-21(29)23-14-11-18-19(27)24-17(20(28)26(18)12-14)10-13-6-2-1-3-7-13/h4-5,8-9,13-14,17-18H,1-3,6-7,10-12H2,(H,24,27)(H2,23,25,29)/t14-,17-,18-/m0/s1. The van der Waals surface area contributed by atoms with Gasteiger partial charge in [0.15, 0.2) is 0 Å². The maximum absolute atomic E-state index is 13.7. The maximum Gasteiger partial charge on any atom is 0.319 e. The first-order valence-corrected chi connectivity index (χ1v) is 10.4. The van der Waals surface area contributed by atoms with Gasteiger partial charge in [0.1, 0.15) is 17.9 Å². The fourth-order valence-electron chi connectivity index (χ4n) is 4.78. The highest BCUT2D eigenvalue weighted by Gasteiger charge is 2.47. The van der Waals surface area contributed by atoms with Gasteiger partial charge in [-0.15, -0.1) is 0 Å². The van der Waals surface area contributed by atoms with Crippen LogP contribution in [-0.2, 0) is 9.59 Å². The molecule has 0 aromatic heterocycles. The van der Waals surface area contributed by atoms with Gasteiger partial charge in [0.2, 0.25) is 11.8 Å². The first-order valence-electron chi connectivity index (χ1n) is 10.4. The molecule has 1 saturated carbocycles. The van der Waals surface area contributed by atoms with Crippen LogP contribution in [0, 0.1) is 11.7 Å². The number of fused-ring (bicyclic) bond motifs is 1. The van der Waals surface area contributed by atoms with Crippen molar-refractivity contribution < 1.29 is 18.8 Å². The van der Waals surface area contributed by atoms with Gasteiger partial charge in [-0.25, -0.2) is 9.18 Å². The topological polar surface area (TPSA) is 90.5 Å². The lowest BCUT2D eigenvalue weighted by Crippen LogP contribution is -2.61. The quantitative estimate of drug-likeness (QED) is 0.722. The van der Waals surface area contributed by atoms with Crippen molar-refractivity contribution in [2.45, 2.75) is 63.1 Å². The third-order valence-electron chi connectivity index (χ3n) is 6.25. The summed E-state index contributed by atoms with van der Waals surface area (Å²) in [5.74, 6) is -0.243. The van der Waals surface area contributed by atoms with Crippen molar-refractivity contribution in [3.05, 3.63) is 30.1 Å². The van der Waals surface area contributed by atoms with Crippen LogP contribution in [0.25, 0.3) is 0 Å². The van der Waals surface area contributed by atoms with Crippen LogP contribution in [0.4, 0.5) is 14.9 Å². The third-order valence-corrected chi connectivity index (χ3v) is 6.25. The first kappa shape index (κ1) is 19.7. The van der Waals surface area contributed by atoms with Crippen LogP contribution in [-0.4, -0.2) is 47.4 Å². The third kappa shape index (κ3) is 4.36. The normalized spacial score (nSPS) is 27.3. The number of halogens is 1. The number of nitrogens with zero attached hydrogens (tertiary/aromatic N) is 1. The van der Waals surface area contributed by atoms with Crippen LogP contribution in [0.5, 0.6) is 0 Å². The van der Waals surface area contributed by atoms with E-state index in [2.05, 4.69) is 16.0 Å². The minimum atomic E-state index is -0.552. The molecule has 3 atom stereocenters. The minimum absolute atomic E-state index is 0.0565. The number of anilines is 1. The fraction of sp³-hybridized carbons (Fsp3) is 0.571. The van der Waals surface area contributed by atoms with Crippen LogP contribution in [0.15, 0.2) is 24.3 Å². The fourth-order valence-corrected chi connectivity index (χ4v) is 4.78. The molecule has 2 saturated heterocycles. The van der Waals surface area contributed by atoms with Crippen molar-refractivity contribution in [2.75, 3.05) is 11.9 Å². The van der Waals surface area contributed by atoms with Gasteiger partial charge in [0.25, 0.3) is 0 Å². The van der Waals surface area contributed by atoms with E-state index in [1.165, 1.54) is 31.4 Å². The van der Waals surface area contributed by atoms with E-state index in [4.69, 9.17) is 0 Å².